The van der Waals surface area contributed by atoms with E-state index in [-0.39, 0.29) is 0 Å². The summed E-state index contributed by atoms with van der Waals surface area (Å²) in [4.78, 5) is 2.28. The first kappa shape index (κ1) is 11.1. The number of hydrogen-bond acceptors (Lipinski definition) is 4. The second kappa shape index (κ2) is 4.70. The Labute approximate surface area is 106 Å². The molecule has 5 nitrogen and oxygen atoms in total. The van der Waals surface area contributed by atoms with Gasteiger partial charge in [-0.15, -0.1) is 0 Å². The summed E-state index contributed by atoms with van der Waals surface area (Å²) in [6.45, 7) is 3.35. The number of hydrogen-bond donors (Lipinski definition) is 1. The summed E-state index contributed by atoms with van der Waals surface area (Å²) in [5.41, 5.74) is 8.84. The number of aromatic nitrogens is 2. The first-order valence-electron chi connectivity index (χ1n) is 6.06. The van der Waals surface area contributed by atoms with E-state index in [4.69, 9.17) is 10.5 Å². The van der Waals surface area contributed by atoms with Crippen LogP contribution in [0.15, 0.2) is 36.7 Å². The molecule has 0 amide bonds. The van der Waals surface area contributed by atoms with Gasteiger partial charge < -0.3 is 15.4 Å². The van der Waals surface area contributed by atoms with E-state index < -0.39 is 0 Å². The summed E-state index contributed by atoms with van der Waals surface area (Å²) in [7, 11) is 0. The fraction of sp³-hybridized carbons (Fsp3) is 0.308. The molecule has 2 aromatic rings. The number of ether oxygens (including phenoxy) is 1. The highest BCUT2D eigenvalue weighted by molar-refractivity contribution is 5.62. The Hall–Kier alpha value is -2.01. The van der Waals surface area contributed by atoms with E-state index in [1.807, 2.05) is 29.1 Å². The first-order chi connectivity index (χ1) is 8.83. The predicted molar refractivity (Wildman–Crippen MR) is 71.0 cm³/mol. The van der Waals surface area contributed by atoms with Crippen molar-refractivity contribution in [3.63, 3.8) is 0 Å². The quantitative estimate of drug-likeness (QED) is 0.809. The lowest BCUT2D eigenvalue weighted by Gasteiger charge is -2.29. The second-order valence-electron chi connectivity index (χ2n) is 4.33. The Kier molecular flexibility index (Phi) is 2.90. The number of rotatable bonds is 2. The fourth-order valence-electron chi connectivity index (χ4n) is 2.18. The van der Waals surface area contributed by atoms with Crippen LogP contribution in [0.3, 0.4) is 0 Å². The molecule has 2 N–H and O–H groups in total. The van der Waals surface area contributed by atoms with Crippen LogP contribution in [0.1, 0.15) is 0 Å². The molecular weight excluding hydrogens is 228 g/mol. The van der Waals surface area contributed by atoms with Gasteiger partial charge in [0.1, 0.15) is 0 Å². The van der Waals surface area contributed by atoms with Crippen molar-refractivity contribution in [1.82, 2.24) is 9.78 Å². The van der Waals surface area contributed by atoms with Crippen molar-refractivity contribution in [2.24, 2.45) is 0 Å². The zero-order chi connectivity index (χ0) is 12.4. The van der Waals surface area contributed by atoms with Crippen LogP contribution in [0, 0.1) is 0 Å². The number of morpholine rings is 1. The molecule has 0 atom stereocenters. The van der Waals surface area contributed by atoms with E-state index in [0.717, 1.165) is 43.4 Å². The van der Waals surface area contributed by atoms with Crippen LogP contribution in [-0.2, 0) is 4.74 Å². The van der Waals surface area contributed by atoms with Gasteiger partial charge in [0.25, 0.3) is 0 Å². The highest BCUT2D eigenvalue weighted by Crippen LogP contribution is 2.23. The van der Waals surface area contributed by atoms with E-state index in [1.54, 1.807) is 6.20 Å². The highest BCUT2D eigenvalue weighted by atomic mass is 16.5. The molecule has 0 bridgehead atoms. The van der Waals surface area contributed by atoms with Crippen molar-refractivity contribution in [3.05, 3.63) is 36.7 Å². The summed E-state index contributed by atoms with van der Waals surface area (Å²) < 4.78 is 7.18. The smallest absolute Gasteiger partial charge is 0.0686 e. The Morgan fingerprint density at radius 2 is 1.89 bits per heavy atom. The molecule has 0 radical (unpaired) electrons. The Bertz CT molecular complexity index is 518. The summed E-state index contributed by atoms with van der Waals surface area (Å²) in [5, 5.41) is 4.23. The summed E-state index contributed by atoms with van der Waals surface area (Å²) in [6, 6.07) is 7.93. The van der Waals surface area contributed by atoms with Crippen molar-refractivity contribution >= 4 is 11.4 Å². The van der Waals surface area contributed by atoms with Gasteiger partial charge in [-0.05, 0) is 24.3 Å². The lowest BCUT2D eigenvalue weighted by molar-refractivity contribution is 0.122. The van der Waals surface area contributed by atoms with E-state index in [0.29, 0.717) is 0 Å². The van der Waals surface area contributed by atoms with Gasteiger partial charge in [0, 0.05) is 36.9 Å². The molecule has 1 fully saturated rings. The molecule has 0 spiro atoms. The molecule has 0 saturated carbocycles. The molecule has 3 rings (SSSR count). The monoisotopic (exact) mass is 244 g/mol. The summed E-state index contributed by atoms with van der Waals surface area (Å²) in [6.07, 6.45) is 3.68. The molecule has 0 aliphatic carbocycles. The van der Waals surface area contributed by atoms with Crippen molar-refractivity contribution < 1.29 is 4.74 Å². The van der Waals surface area contributed by atoms with Crippen LogP contribution in [0.25, 0.3) is 5.69 Å². The summed E-state index contributed by atoms with van der Waals surface area (Å²) in [5.74, 6) is 0. The van der Waals surface area contributed by atoms with Gasteiger partial charge in [-0.2, -0.15) is 5.10 Å². The van der Waals surface area contributed by atoms with Crippen LogP contribution in [-0.4, -0.2) is 36.1 Å². The largest absolute Gasteiger partial charge is 0.399 e. The number of anilines is 2. The van der Waals surface area contributed by atoms with E-state index in [9.17, 15) is 0 Å². The lowest BCUT2D eigenvalue weighted by Crippen LogP contribution is -2.36. The fourth-order valence-corrected chi connectivity index (χ4v) is 2.18. The number of nitrogen functional groups attached to an aromatic ring is 1. The van der Waals surface area contributed by atoms with Crippen LogP contribution >= 0.6 is 0 Å². The van der Waals surface area contributed by atoms with Crippen molar-refractivity contribution in [2.45, 2.75) is 0 Å². The molecule has 1 saturated heterocycles. The average Bonchev–Trinajstić information content (AvgIpc) is 2.93. The lowest BCUT2D eigenvalue weighted by atomic mass is 10.2. The minimum atomic E-state index is 0.754. The molecule has 18 heavy (non-hydrogen) atoms. The van der Waals surface area contributed by atoms with Crippen LogP contribution in [0.4, 0.5) is 11.4 Å². The van der Waals surface area contributed by atoms with E-state index in [1.165, 1.54) is 0 Å². The number of nitrogens with zero attached hydrogens (tertiary/aromatic N) is 3. The Morgan fingerprint density at radius 3 is 2.61 bits per heavy atom. The van der Waals surface area contributed by atoms with Crippen molar-refractivity contribution in [2.75, 3.05) is 36.9 Å². The standard InChI is InChI=1S/C13H16N4O/c14-11-8-12(16-4-6-18-7-5-16)10-13(9-11)17-3-1-2-15-17/h1-3,8-10H,4-7,14H2. The molecule has 1 aliphatic rings. The first-order valence-corrected chi connectivity index (χ1v) is 6.06. The van der Waals surface area contributed by atoms with Crippen molar-refractivity contribution in [1.29, 1.82) is 0 Å². The van der Waals surface area contributed by atoms with Crippen molar-refractivity contribution in [3.8, 4) is 5.69 Å². The molecule has 2 heterocycles. The van der Waals surface area contributed by atoms with E-state index >= 15 is 0 Å². The van der Waals surface area contributed by atoms with Gasteiger partial charge in [0.05, 0.1) is 18.9 Å². The van der Waals surface area contributed by atoms with Crippen LogP contribution in [0.5, 0.6) is 0 Å². The number of nitrogens with two attached hydrogens (primary N) is 1. The zero-order valence-corrected chi connectivity index (χ0v) is 10.1. The molecule has 1 aromatic carbocycles. The number of benzene rings is 1. The Morgan fingerprint density at radius 1 is 1.11 bits per heavy atom. The average molecular weight is 244 g/mol. The van der Waals surface area contributed by atoms with E-state index in [2.05, 4.69) is 16.1 Å². The van der Waals surface area contributed by atoms with Gasteiger partial charge in [0.2, 0.25) is 0 Å². The maximum atomic E-state index is 5.97. The summed E-state index contributed by atoms with van der Waals surface area (Å²) >= 11 is 0. The maximum Gasteiger partial charge on any atom is 0.0686 e. The SMILES string of the molecule is Nc1cc(N2CCOCC2)cc(-n2cccn2)c1. The molecule has 1 aliphatic heterocycles. The van der Waals surface area contributed by atoms with Gasteiger partial charge >= 0.3 is 0 Å². The predicted octanol–water partition coefficient (Wildman–Crippen LogP) is 1.29. The normalized spacial score (nSPS) is 15.9. The van der Waals surface area contributed by atoms with Gasteiger partial charge in [-0.3, -0.25) is 0 Å². The van der Waals surface area contributed by atoms with Crippen LogP contribution < -0.4 is 10.6 Å². The van der Waals surface area contributed by atoms with Gasteiger partial charge in [0.15, 0.2) is 0 Å². The minimum Gasteiger partial charge on any atom is -0.399 e. The Balaban J connectivity index is 1.95. The topological polar surface area (TPSA) is 56.3 Å². The zero-order valence-electron chi connectivity index (χ0n) is 10.1. The third-order valence-corrected chi connectivity index (χ3v) is 3.07. The maximum absolute atomic E-state index is 5.97. The third-order valence-electron chi connectivity index (χ3n) is 3.07. The molecule has 5 heteroatoms. The second-order valence-corrected chi connectivity index (χ2v) is 4.33. The highest BCUT2D eigenvalue weighted by Gasteiger charge is 2.12. The van der Waals surface area contributed by atoms with Gasteiger partial charge in [-0.25, -0.2) is 4.68 Å². The van der Waals surface area contributed by atoms with Gasteiger partial charge in [-0.1, -0.05) is 0 Å². The third kappa shape index (κ3) is 2.17. The van der Waals surface area contributed by atoms with Crippen LogP contribution in [0.2, 0.25) is 0 Å². The molecule has 0 unspecified atom stereocenters. The molecule has 1 aromatic heterocycles. The molecular formula is C13H16N4O. The minimum absolute atomic E-state index is 0.754. The molecule has 94 valence electrons.